The van der Waals surface area contributed by atoms with Crippen molar-refractivity contribution in [2.45, 2.75) is 13.8 Å². The van der Waals surface area contributed by atoms with Gasteiger partial charge in [0.25, 0.3) is 0 Å². The summed E-state index contributed by atoms with van der Waals surface area (Å²) in [4.78, 5) is 7.55. The maximum atomic E-state index is 13.3. The molecule has 14 heavy (non-hydrogen) atoms. The van der Waals surface area contributed by atoms with E-state index in [-0.39, 0.29) is 11.6 Å². The zero-order chi connectivity index (χ0) is 10.4. The fourth-order valence-corrected chi connectivity index (χ4v) is 1.03. The second-order valence-electron chi connectivity index (χ2n) is 2.90. The van der Waals surface area contributed by atoms with Crippen molar-refractivity contribution >= 4 is 5.82 Å². The summed E-state index contributed by atoms with van der Waals surface area (Å²) in [5, 5.41) is 6.02. The Morgan fingerprint density at radius 1 is 1.36 bits per heavy atom. The predicted octanol–water partition coefficient (Wildman–Crippen LogP) is 0.946. The number of hydrogen-bond acceptors (Lipinski definition) is 4. The van der Waals surface area contributed by atoms with Crippen LogP contribution in [0.15, 0.2) is 6.33 Å². The van der Waals surface area contributed by atoms with E-state index < -0.39 is 0 Å². The zero-order valence-electron chi connectivity index (χ0n) is 8.47. The second kappa shape index (κ2) is 5.49. The molecule has 1 aromatic heterocycles. The van der Waals surface area contributed by atoms with Gasteiger partial charge >= 0.3 is 0 Å². The van der Waals surface area contributed by atoms with Crippen molar-refractivity contribution in [2.24, 2.45) is 0 Å². The number of anilines is 1. The summed E-state index contributed by atoms with van der Waals surface area (Å²) in [5.41, 5.74) is 0.367. The predicted molar refractivity (Wildman–Crippen MR) is 53.8 cm³/mol. The molecule has 1 aromatic rings. The molecular formula is C9H15FN4. The second-order valence-corrected chi connectivity index (χ2v) is 2.90. The Hall–Kier alpha value is -1.23. The van der Waals surface area contributed by atoms with E-state index in [0.29, 0.717) is 12.2 Å². The van der Waals surface area contributed by atoms with E-state index in [1.807, 2.05) is 6.92 Å². The Morgan fingerprint density at radius 3 is 2.86 bits per heavy atom. The van der Waals surface area contributed by atoms with Crippen LogP contribution in [0.1, 0.15) is 12.6 Å². The molecule has 4 nitrogen and oxygen atoms in total. The molecule has 0 saturated heterocycles. The van der Waals surface area contributed by atoms with E-state index in [1.165, 1.54) is 6.33 Å². The van der Waals surface area contributed by atoms with Crippen molar-refractivity contribution < 1.29 is 4.39 Å². The van der Waals surface area contributed by atoms with Crippen molar-refractivity contribution in [1.29, 1.82) is 0 Å². The number of aryl methyl sites for hydroxylation is 1. The molecule has 5 heteroatoms. The lowest BCUT2D eigenvalue weighted by Gasteiger charge is -2.07. The molecule has 0 radical (unpaired) electrons. The van der Waals surface area contributed by atoms with Gasteiger partial charge in [-0.05, 0) is 13.5 Å². The van der Waals surface area contributed by atoms with E-state index in [0.717, 1.165) is 13.1 Å². The molecule has 2 N–H and O–H groups in total. The first kappa shape index (κ1) is 10.8. The van der Waals surface area contributed by atoms with Crippen molar-refractivity contribution in [3.05, 3.63) is 17.8 Å². The number of hydrogen-bond donors (Lipinski definition) is 2. The van der Waals surface area contributed by atoms with Crippen molar-refractivity contribution in [3.63, 3.8) is 0 Å². The normalized spacial score (nSPS) is 10.2. The van der Waals surface area contributed by atoms with Crippen LogP contribution in [0.4, 0.5) is 10.2 Å². The summed E-state index contributed by atoms with van der Waals surface area (Å²) in [6, 6.07) is 0. The summed E-state index contributed by atoms with van der Waals surface area (Å²) >= 11 is 0. The van der Waals surface area contributed by atoms with E-state index in [4.69, 9.17) is 0 Å². The van der Waals surface area contributed by atoms with Gasteiger partial charge in [0.05, 0.1) is 5.69 Å². The highest BCUT2D eigenvalue weighted by Crippen LogP contribution is 2.10. The molecule has 0 aliphatic carbocycles. The van der Waals surface area contributed by atoms with Crippen LogP contribution in [-0.2, 0) is 0 Å². The first-order valence-corrected chi connectivity index (χ1v) is 4.67. The molecular weight excluding hydrogens is 183 g/mol. The van der Waals surface area contributed by atoms with E-state index in [2.05, 4.69) is 20.6 Å². The lowest BCUT2D eigenvalue weighted by atomic mass is 10.4. The van der Waals surface area contributed by atoms with Gasteiger partial charge in [0.1, 0.15) is 6.33 Å². The Labute approximate surface area is 83.0 Å². The Bertz CT molecular complexity index is 290. The molecule has 0 fully saturated rings. The quantitative estimate of drug-likeness (QED) is 0.691. The minimum Gasteiger partial charge on any atom is -0.366 e. The van der Waals surface area contributed by atoms with Gasteiger partial charge in [0, 0.05) is 13.1 Å². The maximum absolute atomic E-state index is 13.3. The number of nitrogens with one attached hydrogen (secondary N) is 2. The molecule has 78 valence electrons. The summed E-state index contributed by atoms with van der Waals surface area (Å²) in [5.74, 6) is -0.0978. The van der Waals surface area contributed by atoms with Crippen LogP contribution in [0.2, 0.25) is 0 Å². The SMILES string of the molecule is CCNCCNc1ncnc(C)c1F. The van der Waals surface area contributed by atoms with Gasteiger partial charge in [-0.2, -0.15) is 0 Å². The molecule has 0 bridgehead atoms. The van der Waals surface area contributed by atoms with E-state index >= 15 is 0 Å². The zero-order valence-corrected chi connectivity index (χ0v) is 8.47. The van der Waals surface area contributed by atoms with Gasteiger partial charge in [0.2, 0.25) is 0 Å². The Morgan fingerprint density at radius 2 is 2.14 bits per heavy atom. The minimum absolute atomic E-state index is 0.274. The topological polar surface area (TPSA) is 49.8 Å². The Balaban J connectivity index is 2.46. The molecule has 0 atom stereocenters. The molecule has 0 aliphatic rings. The van der Waals surface area contributed by atoms with Gasteiger partial charge in [-0.15, -0.1) is 0 Å². The van der Waals surface area contributed by atoms with Crippen molar-refractivity contribution in [1.82, 2.24) is 15.3 Å². The van der Waals surface area contributed by atoms with Gasteiger partial charge in [-0.1, -0.05) is 6.92 Å². The number of rotatable bonds is 5. The average Bonchev–Trinajstić information content (AvgIpc) is 2.19. The molecule has 0 saturated carbocycles. The third kappa shape index (κ3) is 2.92. The molecule has 0 aliphatic heterocycles. The fraction of sp³-hybridized carbons (Fsp3) is 0.556. The molecule has 0 spiro atoms. The first-order chi connectivity index (χ1) is 6.75. The third-order valence-electron chi connectivity index (χ3n) is 1.81. The summed E-state index contributed by atoms with van der Waals surface area (Å²) in [6.45, 7) is 6.00. The van der Waals surface area contributed by atoms with Crippen LogP contribution < -0.4 is 10.6 Å². The first-order valence-electron chi connectivity index (χ1n) is 4.67. The maximum Gasteiger partial charge on any atom is 0.186 e. The lowest BCUT2D eigenvalue weighted by molar-refractivity contribution is 0.603. The molecule has 0 unspecified atom stereocenters. The van der Waals surface area contributed by atoms with E-state index in [1.54, 1.807) is 6.92 Å². The van der Waals surface area contributed by atoms with Crippen LogP contribution in [0, 0.1) is 12.7 Å². The Kier molecular flexibility index (Phi) is 4.25. The lowest BCUT2D eigenvalue weighted by Crippen LogP contribution is -2.22. The van der Waals surface area contributed by atoms with Gasteiger partial charge in [-0.25, -0.2) is 14.4 Å². The van der Waals surface area contributed by atoms with Crippen LogP contribution >= 0.6 is 0 Å². The average molecular weight is 198 g/mol. The minimum atomic E-state index is -0.371. The summed E-state index contributed by atoms with van der Waals surface area (Å²) in [6.07, 6.45) is 1.36. The number of halogens is 1. The van der Waals surface area contributed by atoms with Gasteiger partial charge in [0.15, 0.2) is 11.6 Å². The molecule has 1 rings (SSSR count). The van der Waals surface area contributed by atoms with Gasteiger partial charge in [-0.3, -0.25) is 0 Å². The number of likely N-dealkylation sites (N-methyl/N-ethyl adjacent to an activating group) is 1. The highest BCUT2D eigenvalue weighted by molar-refractivity contribution is 5.36. The van der Waals surface area contributed by atoms with Gasteiger partial charge < -0.3 is 10.6 Å². The van der Waals surface area contributed by atoms with Crippen molar-refractivity contribution in [3.8, 4) is 0 Å². The highest BCUT2D eigenvalue weighted by Gasteiger charge is 2.05. The van der Waals surface area contributed by atoms with Crippen LogP contribution in [0.5, 0.6) is 0 Å². The number of aromatic nitrogens is 2. The largest absolute Gasteiger partial charge is 0.366 e. The summed E-state index contributed by atoms with van der Waals surface area (Å²) < 4.78 is 13.3. The van der Waals surface area contributed by atoms with Crippen molar-refractivity contribution in [2.75, 3.05) is 25.0 Å². The molecule has 0 aromatic carbocycles. The molecule has 0 amide bonds. The standard InChI is InChI=1S/C9H15FN4/c1-3-11-4-5-12-9-8(10)7(2)13-6-14-9/h6,11H,3-5H2,1-2H3,(H,12,13,14). The smallest absolute Gasteiger partial charge is 0.186 e. The van der Waals surface area contributed by atoms with Crippen LogP contribution in [0.3, 0.4) is 0 Å². The third-order valence-corrected chi connectivity index (χ3v) is 1.81. The summed E-state index contributed by atoms with van der Waals surface area (Å²) in [7, 11) is 0. The fourth-order valence-electron chi connectivity index (χ4n) is 1.03. The monoisotopic (exact) mass is 198 g/mol. The highest BCUT2D eigenvalue weighted by atomic mass is 19.1. The number of nitrogens with zero attached hydrogens (tertiary/aromatic N) is 2. The van der Waals surface area contributed by atoms with E-state index in [9.17, 15) is 4.39 Å². The van der Waals surface area contributed by atoms with Crippen LogP contribution in [-0.4, -0.2) is 29.6 Å². The molecule has 1 heterocycles. The van der Waals surface area contributed by atoms with Crippen LogP contribution in [0.25, 0.3) is 0 Å².